The van der Waals surface area contributed by atoms with Crippen molar-refractivity contribution in [3.05, 3.63) is 263 Å². The van der Waals surface area contributed by atoms with Crippen LogP contribution < -0.4 is 9.47 Å². The molecule has 6 saturated carbocycles. The molecule has 115 heavy (non-hydrogen) atoms. The number of benzene rings is 9. The first-order chi connectivity index (χ1) is 55.5. The molecule has 0 bridgehead atoms. The largest absolute Gasteiger partial charge is 0.498 e. The third kappa shape index (κ3) is 15.4. The van der Waals surface area contributed by atoms with E-state index >= 15 is 0 Å². The Balaban J connectivity index is 0.000000130. The molecule has 0 saturated heterocycles. The van der Waals surface area contributed by atoms with Gasteiger partial charge >= 0.3 is 17.9 Å². The highest BCUT2D eigenvalue weighted by Crippen LogP contribution is 2.64. The summed E-state index contributed by atoms with van der Waals surface area (Å²) in [6, 6.07) is 64.0. The van der Waals surface area contributed by atoms with Gasteiger partial charge in [0.05, 0.1) is 96.8 Å². The number of para-hydroxylation sites is 2. The molecule has 0 radical (unpaired) electrons. The van der Waals surface area contributed by atoms with Gasteiger partial charge in [0.25, 0.3) is 0 Å². The number of nitrogens with zero attached hydrogens (tertiary/aromatic N) is 7. The number of carboxylic acid groups (broad SMARTS) is 3. The van der Waals surface area contributed by atoms with Crippen molar-refractivity contribution in [3.8, 4) is 44.9 Å². The first-order valence-corrected chi connectivity index (χ1v) is 40.3. The Labute approximate surface area is 672 Å². The molecule has 3 spiro atoms. The number of methoxy groups -OCH3 is 2. The van der Waals surface area contributed by atoms with E-state index in [1.165, 1.54) is 5.56 Å². The Kier molecular flexibility index (Phi) is 21.1. The standard InChI is InChI=1S/C33H31N3O4.C32H32N2O4.C31H29ClN2O3/c1-20(22-7-9-23(10-8-22)25-12-27(34-2)14-28(13-25)40-3)36-31-24(19-35-36)5-4-6-29(31)30(37)11-21-15-33(16-21)17-26(18-33)32(38)39;1-20(22-9-11-23(12-10-22)24-5-3-7-27(14-24)38-2)34-30-25(19-33-34)6-4-8-28(30)29(35)13-21-15-32(16-21)17-26(18-32)31(36)37;1-19(21-7-9-23(10-8-21)22-5-3-2-4-6-22)34-29-25(11-12-27(32)26(29)18-33-34)28(35)13-20-14-31(15-20)16-24(17-31)30(36)37/h4-10,12-14,19-21,26H,11,15-18H2,1,3H3,(H,38,39);3-12,14,19-21,26H,13,15-18H2,1-2H3,(H,36,37);2-12,18-20,24H,13-17H2,1H3,(H,36,37). The molecule has 0 aliphatic heterocycles. The quantitative estimate of drug-likeness (QED) is 0.0399. The van der Waals surface area contributed by atoms with Crippen molar-refractivity contribution >= 4 is 85.3 Å². The number of aromatic nitrogens is 6. The van der Waals surface area contributed by atoms with E-state index in [9.17, 15) is 44.1 Å². The second-order valence-electron chi connectivity index (χ2n) is 33.7. The van der Waals surface area contributed by atoms with Crippen LogP contribution >= 0.6 is 11.6 Å². The third-order valence-electron chi connectivity index (χ3n) is 26.1. The third-order valence-corrected chi connectivity index (χ3v) is 26.4. The number of hydrogen-bond donors (Lipinski definition) is 3. The molecule has 3 atom stereocenters. The summed E-state index contributed by atoms with van der Waals surface area (Å²) in [5, 5.41) is 44.9. The fraction of sp³-hybridized carbons (Fsp3) is 0.333. The molecule has 584 valence electrons. The normalized spacial score (nSPS) is 22.9. The summed E-state index contributed by atoms with van der Waals surface area (Å²) in [5.41, 5.74) is 15.3. The van der Waals surface area contributed by atoms with E-state index in [1.54, 1.807) is 32.5 Å². The lowest BCUT2D eigenvalue weighted by Crippen LogP contribution is -2.50. The molecule has 9 aromatic carbocycles. The Bertz CT molecular complexity index is 5760. The van der Waals surface area contributed by atoms with E-state index in [2.05, 4.69) is 115 Å². The Hall–Kier alpha value is -11.8. The van der Waals surface area contributed by atoms with Gasteiger partial charge in [0.1, 0.15) is 11.5 Å². The lowest BCUT2D eigenvalue weighted by Gasteiger charge is -2.56. The van der Waals surface area contributed by atoms with Gasteiger partial charge in [-0.15, -0.1) is 0 Å². The SMILES string of the molecule is CC(c1ccc(-c2ccccc2)cc1)n1ncc2c(Cl)ccc(C(=O)CC3CC4(C3)CC(C(=O)O)C4)c21.COc1cccc(-c2ccc(C(C)n3ncc4cccc(C(=O)CC5CC6(C5)CC(C(=O)O)C6)c43)cc2)c1.[C-]#[N+]c1cc(OC)cc(-c2ccc(C(C)n3ncc4cccc(C(=O)CC5CC6(C5)CC(C(=O)O)C6)c43)cc2)c1. The van der Waals surface area contributed by atoms with Gasteiger partial charge in [-0.3, -0.25) is 42.8 Å². The van der Waals surface area contributed by atoms with Gasteiger partial charge in [-0.2, -0.15) is 15.3 Å². The number of carbonyl (C=O) groups excluding carboxylic acids is 3. The monoisotopic (exact) mass is 1550 g/mol. The highest BCUT2D eigenvalue weighted by atomic mass is 35.5. The summed E-state index contributed by atoms with van der Waals surface area (Å²) >= 11 is 6.52. The number of halogens is 1. The lowest BCUT2D eigenvalue weighted by molar-refractivity contribution is -0.158. The minimum absolute atomic E-state index is 0.0456. The Morgan fingerprint density at radius 1 is 0.417 bits per heavy atom. The minimum Gasteiger partial charge on any atom is -0.498 e. The van der Waals surface area contributed by atoms with Crippen LogP contribution in [0.3, 0.4) is 0 Å². The number of carbonyl (C=O) groups is 6. The second kappa shape index (κ2) is 31.5. The zero-order valence-electron chi connectivity index (χ0n) is 65.1. The van der Waals surface area contributed by atoms with Gasteiger partial charge in [0.2, 0.25) is 0 Å². The van der Waals surface area contributed by atoms with Crippen LogP contribution in [0, 0.1) is 58.3 Å². The molecule has 12 aromatic rings. The number of carboxylic acids is 3. The smallest absolute Gasteiger partial charge is 0.306 e. The molecule has 6 aliphatic rings. The number of Topliss-reactive ketones (excluding diaryl/α,β-unsaturated/α-hetero) is 3. The van der Waals surface area contributed by atoms with Crippen molar-refractivity contribution in [1.82, 2.24) is 29.3 Å². The fourth-order valence-corrected chi connectivity index (χ4v) is 20.3. The predicted molar refractivity (Wildman–Crippen MR) is 444 cm³/mol. The number of rotatable bonds is 23. The summed E-state index contributed by atoms with van der Waals surface area (Å²) in [6.45, 7) is 13.7. The zero-order chi connectivity index (χ0) is 80.2. The van der Waals surface area contributed by atoms with Crippen LogP contribution in [0.2, 0.25) is 5.02 Å². The first kappa shape index (κ1) is 77.1. The van der Waals surface area contributed by atoms with Gasteiger partial charge in [0.15, 0.2) is 23.0 Å². The number of aliphatic carboxylic acids is 3. The average Bonchev–Trinajstić information content (AvgIpc) is 1.53. The van der Waals surface area contributed by atoms with E-state index in [1.807, 2.05) is 130 Å². The molecule has 18 nitrogen and oxygen atoms in total. The van der Waals surface area contributed by atoms with E-state index in [0.717, 1.165) is 166 Å². The van der Waals surface area contributed by atoms with Crippen LogP contribution in [0.15, 0.2) is 213 Å². The molecule has 19 heteroatoms. The highest BCUT2D eigenvalue weighted by molar-refractivity contribution is 6.36. The summed E-state index contributed by atoms with van der Waals surface area (Å²) in [7, 11) is 3.27. The summed E-state index contributed by atoms with van der Waals surface area (Å²) < 4.78 is 16.5. The topological polar surface area (TPSA) is 239 Å². The maximum atomic E-state index is 13.5. The zero-order valence-corrected chi connectivity index (χ0v) is 65.9. The van der Waals surface area contributed by atoms with Crippen LogP contribution in [0.5, 0.6) is 11.5 Å². The number of ether oxygens (including phenoxy) is 2. The minimum atomic E-state index is -0.691. The van der Waals surface area contributed by atoms with Gasteiger partial charge in [-0.25, -0.2) is 4.85 Å². The molecule has 6 fully saturated rings. The lowest BCUT2D eigenvalue weighted by atomic mass is 9.47. The molecular formula is C96H92ClN7O11. The van der Waals surface area contributed by atoms with E-state index in [-0.39, 0.29) is 69.5 Å². The van der Waals surface area contributed by atoms with Gasteiger partial charge in [-0.05, 0) is 236 Å². The predicted octanol–water partition coefficient (Wildman–Crippen LogP) is 21.6. The van der Waals surface area contributed by atoms with Crippen LogP contribution in [-0.2, 0) is 14.4 Å². The van der Waals surface area contributed by atoms with Crippen LogP contribution in [0.4, 0.5) is 5.69 Å². The van der Waals surface area contributed by atoms with Crippen molar-refractivity contribution < 1.29 is 53.6 Å². The molecule has 3 N–H and O–H groups in total. The number of fused-ring (bicyclic) bond motifs is 3. The van der Waals surface area contributed by atoms with E-state index < -0.39 is 17.9 Å². The average molecular weight is 1560 g/mol. The van der Waals surface area contributed by atoms with Crippen molar-refractivity contribution in [2.24, 2.45) is 51.8 Å². The van der Waals surface area contributed by atoms with Gasteiger partial charge < -0.3 is 24.8 Å². The first-order valence-electron chi connectivity index (χ1n) is 39.9. The van der Waals surface area contributed by atoms with Crippen LogP contribution in [0.25, 0.3) is 70.9 Å². The van der Waals surface area contributed by atoms with Gasteiger partial charge in [-0.1, -0.05) is 151 Å². The molecule has 0 amide bonds. The molecule has 18 rings (SSSR count). The number of hydrogen-bond acceptors (Lipinski definition) is 11. The van der Waals surface area contributed by atoms with Crippen molar-refractivity contribution in [2.45, 2.75) is 135 Å². The summed E-state index contributed by atoms with van der Waals surface area (Å²) in [6.07, 6.45) is 17.2. The molecule has 3 aromatic heterocycles. The van der Waals surface area contributed by atoms with Crippen molar-refractivity contribution in [2.75, 3.05) is 14.2 Å². The Morgan fingerprint density at radius 2 is 0.783 bits per heavy atom. The summed E-state index contributed by atoms with van der Waals surface area (Å²) in [4.78, 5) is 77.6. The maximum absolute atomic E-state index is 13.5. The fourth-order valence-electron chi connectivity index (χ4n) is 20.1. The van der Waals surface area contributed by atoms with Crippen LogP contribution in [-0.4, -0.2) is 94.1 Å². The van der Waals surface area contributed by atoms with Crippen LogP contribution in [0.1, 0.15) is 183 Å². The van der Waals surface area contributed by atoms with Crippen molar-refractivity contribution in [1.29, 1.82) is 0 Å². The van der Waals surface area contributed by atoms with E-state index in [0.29, 0.717) is 64.6 Å². The van der Waals surface area contributed by atoms with Crippen molar-refractivity contribution in [3.63, 3.8) is 0 Å². The summed E-state index contributed by atoms with van der Waals surface area (Å²) in [5.74, 6) is 0.149. The molecular weight excluding hydrogens is 1460 g/mol. The van der Waals surface area contributed by atoms with Gasteiger partial charge in [0, 0.05) is 52.1 Å². The Morgan fingerprint density at radius 3 is 1.20 bits per heavy atom. The number of ketones is 3. The maximum Gasteiger partial charge on any atom is 0.306 e. The molecule has 3 unspecified atom stereocenters. The molecule has 3 heterocycles. The molecule has 6 aliphatic carbocycles. The van der Waals surface area contributed by atoms with E-state index in [4.69, 9.17) is 32.7 Å². The second-order valence-corrected chi connectivity index (χ2v) is 34.1. The highest BCUT2D eigenvalue weighted by Gasteiger charge is 2.57.